The molecule has 4 aromatic rings. The van der Waals surface area contributed by atoms with E-state index in [2.05, 4.69) is 45.7 Å². The summed E-state index contributed by atoms with van der Waals surface area (Å²) in [7, 11) is 0. The lowest BCUT2D eigenvalue weighted by Gasteiger charge is -2.60. The molecule has 3 aliphatic heterocycles. The van der Waals surface area contributed by atoms with Crippen molar-refractivity contribution >= 4 is 28.3 Å². The number of carbonyl (C=O) groups excluding carboxylic acids is 1. The van der Waals surface area contributed by atoms with Crippen LogP contribution in [0.25, 0.3) is 27.8 Å². The van der Waals surface area contributed by atoms with Crippen molar-refractivity contribution in [2.75, 3.05) is 63.9 Å². The van der Waals surface area contributed by atoms with Gasteiger partial charge in [-0.15, -0.1) is 0 Å². The van der Waals surface area contributed by atoms with Crippen LogP contribution in [0.3, 0.4) is 0 Å². The van der Waals surface area contributed by atoms with Gasteiger partial charge in [0, 0.05) is 61.8 Å². The SMILES string of the molecule is Cc1c(-c2[nH]c3cnc(N4CC5(CN(C(=O)CN6CCOCC6)C5)C4)c(F)c3c2C(C)C)cn2ncnc2c1C. The summed E-state index contributed by atoms with van der Waals surface area (Å²) in [6.45, 7) is 14.6. The molecule has 3 aliphatic rings. The number of halogens is 1. The Hall–Kier alpha value is -3.57. The second-order valence-electron chi connectivity index (χ2n) is 12.1. The molecule has 11 heteroatoms. The summed E-state index contributed by atoms with van der Waals surface area (Å²) in [6.07, 6.45) is 5.27. The number of amides is 1. The number of rotatable bonds is 5. The molecule has 4 aromatic heterocycles. The van der Waals surface area contributed by atoms with Crippen LogP contribution in [-0.2, 0) is 9.53 Å². The second kappa shape index (κ2) is 9.24. The van der Waals surface area contributed by atoms with Crippen LogP contribution in [0.2, 0.25) is 0 Å². The molecular weight excluding hydrogens is 511 g/mol. The van der Waals surface area contributed by atoms with Gasteiger partial charge in [0.15, 0.2) is 17.3 Å². The first kappa shape index (κ1) is 25.4. The maximum atomic E-state index is 16.3. The highest BCUT2D eigenvalue weighted by atomic mass is 19.1. The number of carbonyl (C=O) groups is 1. The van der Waals surface area contributed by atoms with E-state index in [0.29, 0.717) is 49.6 Å². The van der Waals surface area contributed by atoms with E-state index >= 15 is 4.39 Å². The van der Waals surface area contributed by atoms with Crippen LogP contribution >= 0.6 is 0 Å². The molecule has 210 valence electrons. The summed E-state index contributed by atoms with van der Waals surface area (Å²) in [5, 5.41) is 4.95. The molecule has 10 nitrogen and oxygen atoms in total. The van der Waals surface area contributed by atoms with Crippen molar-refractivity contribution in [1.29, 1.82) is 0 Å². The summed E-state index contributed by atoms with van der Waals surface area (Å²) in [5.41, 5.74) is 6.51. The predicted octanol–water partition coefficient (Wildman–Crippen LogP) is 3.13. The van der Waals surface area contributed by atoms with Crippen LogP contribution < -0.4 is 4.90 Å². The first-order chi connectivity index (χ1) is 19.2. The van der Waals surface area contributed by atoms with Gasteiger partial charge in [-0.05, 0) is 36.5 Å². The van der Waals surface area contributed by atoms with Crippen molar-refractivity contribution in [2.24, 2.45) is 5.41 Å². The number of nitrogens with zero attached hydrogens (tertiary/aromatic N) is 7. The topological polar surface area (TPSA) is 94.9 Å². The fourth-order valence-electron chi connectivity index (χ4n) is 6.73. The van der Waals surface area contributed by atoms with E-state index < -0.39 is 0 Å². The lowest BCUT2D eigenvalue weighted by molar-refractivity contribution is -0.147. The lowest BCUT2D eigenvalue weighted by Crippen LogP contribution is -2.73. The molecule has 7 rings (SSSR count). The Balaban J connectivity index is 1.13. The number of aryl methyl sites for hydroxylation is 1. The van der Waals surface area contributed by atoms with Crippen molar-refractivity contribution in [3.8, 4) is 11.3 Å². The van der Waals surface area contributed by atoms with Crippen LogP contribution in [0.1, 0.15) is 36.5 Å². The van der Waals surface area contributed by atoms with Crippen LogP contribution in [0, 0.1) is 25.1 Å². The van der Waals surface area contributed by atoms with Gasteiger partial charge in [-0.3, -0.25) is 9.69 Å². The van der Waals surface area contributed by atoms with E-state index in [0.717, 1.165) is 59.8 Å². The Morgan fingerprint density at radius 2 is 1.88 bits per heavy atom. The third-order valence-electron chi connectivity index (χ3n) is 8.99. The average Bonchev–Trinajstić information content (AvgIpc) is 3.51. The van der Waals surface area contributed by atoms with Gasteiger partial charge < -0.3 is 19.5 Å². The molecule has 0 bridgehead atoms. The molecule has 3 fully saturated rings. The molecule has 0 unspecified atom stereocenters. The van der Waals surface area contributed by atoms with Crippen molar-refractivity contribution in [2.45, 2.75) is 33.6 Å². The number of morpholine rings is 1. The lowest BCUT2D eigenvalue weighted by atomic mass is 9.72. The largest absolute Gasteiger partial charge is 0.379 e. The number of aromatic nitrogens is 5. The number of hydrogen-bond acceptors (Lipinski definition) is 7. The van der Waals surface area contributed by atoms with E-state index in [9.17, 15) is 4.79 Å². The van der Waals surface area contributed by atoms with Crippen LogP contribution in [0.4, 0.5) is 10.2 Å². The second-order valence-corrected chi connectivity index (χ2v) is 12.1. The fourth-order valence-corrected chi connectivity index (χ4v) is 6.73. The summed E-state index contributed by atoms with van der Waals surface area (Å²) < 4.78 is 23.4. The number of anilines is 1. The summed E-state index contributed by atoms with van der Waals surface area (Å²) in [6, 6.07) is 0. The molecule has 3 saturated heterocycles. The predicted molar refractivity (Wildman–Crippen MR) is 150 cm³/mol. The highest BCUT2D eigenvalue weighted by Gasteiger charge is 2.54. The van der Waals surface area contributed by atoms with Gasteiger partial charge in [0.05, 0.1) is 37.2 Å². The van der Waals surface area contributed by atoms with Crippen molar-refractivity contribution < 1.29 is 13.9 Å². The highest BCUT2D eigenvalue weighted by Crippen LogP contribution is 2.45. The first-order valence-corrected chi connectivity index (χ1v) is 14.1. The van der Waals surface area contributed by atoms with E-state index in [1.807, 2.05) is 22.9 Å². The van der Waals surface area contributed by atoms with E-state index in [-0.39, 0.29) is 23.1 Å². The molecule has 0 aromatic carbocycles. The summed E-state index contributed by atoms with van der Waals surface area (Å²) >= 11 is 0. The van der Waals surface area contributed by atoms with Crippen molar-refractivity contribution in [3.63, 3.8) is 0 Å². The quantitative estimate of drug-likeness (QED) is 0.411. The standard InChI is InChI=1S/C29H35FN8O2/c1-17(2)23-24-21(34-26(23)20-10-38-27(32-16-33-38)19(4)18(20)3)9-31-28(25(24)30)37-14-29(15-37)12-36(13-29)22(39)11-35-5-7-40-8-6-35/h9-10,16-17,34H,5-8,11-15H2,1-4H3. The molecular formula is C29H35FN8O2. The monoisotopic (exact) mass is 546 g/mol. The van der Waals surface area contributed by atoms with Gasteiger partial charge >= 0.3 is 0 Å². The Morgan fingerprint density at radius 3 is 2.60 bits per heavy atom. The van der Waals surface area contributed by atoms with Gasteiger partial charge in [0.25, 0.3) is 0 Å². The van der Waals surface area contributed by atoms with Crippen molar-refractivity contribution in [3.05, 3.63) is 41.2 Å². The number of nitrogens with one attached hydrogen (secondary N) is 1. The highest BCUT2D eigenvalue weighted by molar-refractivity contribution is 5.94. The molecule has 40 heavy (non-hydrogen) atoms. The zero-order chi connectivity index (χ0) is 27.8. The fraction of sp³-hybridized carbons (Fsp3) is 0.517. The van der Waals surface area contributed by atoms with Gasteiger partial charge in [0.1, 0.15) is 6.33 Å². The number of likely N-dealkylation sites (tertiary alicyclic amines) is 1. The zero-order valence-corrected chi connectivity index (χ0v) is 23.5. The first-order valence-electron chi connectivity index (χ1n) is 14.1. The minimum Gasteiger partial charge on any atom is -0.379 e. The minimum atomic E-state index is -0.283. The number of fused-ring (bicyclic) bond motifs is 2. The van der Waals surface area contributed by atoms with Crippen LogP contribution in [-0.4, -0.2) is 99.3 Å². The average molecular weight is 547 g/mol. The number of hydrogen-bond donors (Lipinski definition) is 1. The maximum Gasteiger partial charge on any atom is 0.236 e. The van der Waals surface area contributed by atoms with Gasteiger partial charge in [-0.1, -0.05) is 13.8 Å². The minimum absolute atomic E-state index is 0.0375. The molecule has 0 saturated carbocycles. The van der Waals surface area contributed by atoms with Crippen LogP contribution in [0.15, 0.2) is 18.7 Å². The molecule has 7 heterocycles. The Morgan fingerprint density at radius 1 is 1.12 bits per heavy atom. The Bertz CT molecular complexity index is 1620. The number of aromatic amines is 1. The van der Waals surface area contributed by atoms with E-state index in [1.165, 1.54) is 0 Å². The van der Waals surface area contributed by atoms with Gasteiger partial charge in [-0.2, -0.15) is 5.10 Å². The summed E-state index contributed by atoms with van der Waals surface area (Å²) in [4.78, 5) is 31.3. The van der Waals surface area contributed by atoms with E-state index in [4.69, 9.17) is 4.74 Å². The molecule has 0 atom stereocenters. The summed E-state index contributed by atoms with van der Waals surface area (Å²) in [5.74, 6) is 0.366. The number of H-pyrrole nitrogens is 1. The normalized spacial score (nSPS) is 19.1. The van der Waals surface area contributed by atoms with E-state index in [1.54, 1.807) is 17.0 Å². The molecule has 0 radical (unpaired) electrons. The zero-order valence-electron chi connectivity index (χ0n) is 23.5. The molecule has 1 spiro atoms. The molecule has 1 amide bonds. The van der Waals surface area contributed by atoms with Crippen molar-refractivity contribution in [1.82, 2.24) is 34.4 Å². The third-order valence-corrected chi connectivity index (χ3v) is 8.99. The maximum absolute atomic E-state index is 16.3. The third kappa shape index (κ3) is 3.89. The smallest absolute Gasteiger partial charge is 0.236 e. The number of ether oxygens (including phenoxy) is 1. The van der Waals surface area contributed by atoms with Gasteiger partial charge in [0.2, 0.25) is 5.91 Å². The number of pyridine rings is 2. The Labute approximate surface area is 232 Å². The Kier molecular flexibility index (Phi) is 5.87. The molecule has 0 aliphatic carbocycles. The molecule has 1 N–H and O–H groups in total. The van der Waals surface area contributed by atoms with Gasteiger partial charge in [-0.25, -0.2) is 18.9 Å². The van der Waals surface area contributed by atoms with Crippen LogP contribution in [0.5, 0.6) is 0 Å².